The number of carbonyl (C=O) groups is 1. The minimum absolute atomic E-state index is 0.124. The second kappa shape index (κ2) is 8.92. The third kappa shape index (κ3) is 4.27. The second-order valence-electron chi connectivity index (χ2n) is 7.49. The van der Waals surface area contributed by atoms with Gasteiger partial charge in [0, 0.05) is 11.9 Å². The van der Waals surface area contributed by atoms with Gasteiger partial charge in [-0.15, -0.1) is 11.3 Å². The fourth-order valence-corrected chi connectivity index (χ4v) is 4.60. The van der Waals surface area contributed by atoms with Gasteiger partial charge in [-0.05, 0) is 35.7 Å². The molecule has 9 nitrogen and oxygen atoms in total. The zero-order valence-electron chi connectivity index (χ0n) is 16.9. The lowest BCUT2D eigenvalue weighted by Gasteiger charge is -2.18. The zero-order chi connectivity index (χ0) is 21.9. The lowest BCUT2D eigenvalue weighted by atomic mass is 10.1. The fraction of sp³-hybridized carbons (Fsp3) is 0.273. The predicted molar refractivity (Wildman–Crippen MR) is 119 cm³/mol. The second-order valence-corrected chi connectivity index (χ2v) is 8.43. The highest BCUT2D eigenvalue weighted by Gasteiger charge is 2.48. The molecule has 0 saturated carbocycles. The molecule has 4 heterocycles. The highest BCUT2D eigenvalue weighted by molar-refractivity contribution is 7.13. The molecule has 10 heteroatoms. The normalized spacial score (nSPS) is 23.8. The van der Waals surface area contributed by atoms with Crippen LogP contribution in [0.5, 0.6) is 0 Å². The van der Waals surface area contributed by atoms with Crippen molar-refractivity contribution in [2.75, 3.05) is 23.8 Å². The largest absolute Gasteiger partial charge is 0.371 e. The van der Waals surface area contributed by atoms with Crippen LogP contribution in [-0.4, -0.2) is 53.5 Å². The first-order chi connectivity index (χ1) is 15.7. The summed E-state index contributed by atoms with van der Waals surface area (Å²) in [6.45, 7) is 0.765. The average Bonchev–Trinajstić information content (AvgIpc) is 3.55. The fourth-order valence-electron chi connectivity index (χ4n) is 3.90. The van der Waals surface area contributed by atoms with Gasteiger partial charge < -0.3 is 25.4 Å². The van der Waals surface area contributed by atoms with E-state index in [0.29, 0.717) is 30.4 Å². The van der Waals surface area contributed by atoms with Gasteiger partial charge in [-0.3, -0.25) is 0 Å². The number of ether oxygens (including phenoxy) is 2. The summed E-state index contributed by atoms with van der Waals surface area (Å²) in [6.07, 6.45) is 1.23. The Morgan fingerprint density at radius 1 is 1.12 bits per heavy atom. The third-order valence-electron chi connectivity index (χ3n) is 5.36. The summed E-state index contributed by atoms with van der Waals surface area (Å²) < 4.78 is 11.9. The Morgan fingerprint density at radius 3 is 2.78 bits per heavy atom. The zero-order valence-corrected chi connectivity index (χ0v) is 17.7. The van der Waals surface area contributed by atoms with Crippen LogP contribution in [0.25, 0.3) is 10.6 Å². The van der Waals surface area contributed by atoms with Crippen molar-refractivity contribution in [3.05, 3.63) is 59.6 Å². The quantitative estimate of drug-likeness (QED) is 0.549. The molecule has 32 heavy (non-hydrogen) atoms. The van der Waals surface area contributed by atoms with E-state index in [9.17, 15) is 4.79 Å². The van der Waals surface area contributed by atoms with Gasteiger partial charge >= 0.3 is 6.03 Å². The Morgan fingerprint density at radius 2 is 1.97 bits per heavy atom. The molecule has 2 aromatic heterocycles. The highest BCUT2D eigenvalue weighted by Crippen LogP contribution is 2.29. The van der Waals surface area contributed by atoms with E-state index in [2.05, 4.69) is 32.0 Å². The number of anilines is 2. The van der Waals surface area contributed by atoms with Crippen LogP contribution in [0.4, 0.5) is 16.4 Å². The topological polar surface area (TPSA) is 121 Å². The third-order valence-corrected chi connectivity index (χ3v) is 6.26. The Hall–Kier alpha value is -3.52. The van der Waals surface area contributed by atoms with E-state index >= 15 is 0 Å². The average molecular weight is 449 g/mol. The molecule has 5 rings (SSSR count). The van der Waals surface area contributed by atoms with Gasteiger partial charge in [0.05, 0.1) is 47.5 Å². The summed E-state index contributed by atoms with van der Waals surface area (Å²) in [7, 11) is 0. The molecular weight excluding hydrogens is 428 g/mol. The number of nitrogens with one attached hydrogen (secondary N) is 3. The van der Waals surface area contributed by atoms with Crippen molar-refractivity contribution in [1.82, 2.24) is 15.3 Å². The predicted octanol–water partition coefficient (Wildman–Crippen LogP) is 2.85. The van der Waals surface area contributed by atoms with Crippen LogP contribution in [0.3, 0.4) is 0 Å². The Kier molecular flexibility index (Phi) is 5.68. The van der Waals surface area contributed by atoms with Gasteiger partial charge in [0.25, 0.3) is 0 Å². The number of nitriles is 1. The Bertz CT molecular complexity index is 1150. The minimum Gasteiger partial charge on any atom is -0.371 e. The van der Waals surface area contributed by atoms with Gasteiger partial charge in [0.1, 0.15) is 12.2 Å². The molecule has 3 N–H and O–H groups in total. The summed E-state index contributed by atoms with van der Waals surface area (Å²) >= 11 is 1.62. The first-order valence-corrected chi connectivity index (χ1v) is 11.0. The van der Waals surface area contributed by atoms with Crippen molar-refractivity contribution in [3.63, 3.8) is 0 Å². The maximum absolute atomic E-state index is 12.4. The van der Waals surface area contributed by atoms with E-state index in [1.54, 1.807) is 41.8 Å². The molecule has 2 aliphatic rings. The molecule has 0 radical (unpaired) electrons. The van der Waals surface area contributed by atoms with Crippen LogP contribution >= 0.6 is 11.3 Å². The molecule has 0 spiro atoms. The van der Waals surface area contributed by atoms with Crippen molar-refractivity contribution in [1.29, 1.82) is 5.26 Å². The first kappa shape index (κ1) is 20.4. The van der Waals surface area contributed by atoms with E-state index in [4.69, 9.17) is 14.7 Å². The number of hydrogen-bond acceptors (Lipinski definition) is 8. The van der Waals surface area contributed by atoms with Gasteiger partial charge in [0.2, 0.25) is 5.95 Å². The monoisotopic (exact) mass is 448 g/mol. The van der Waals surface area contributed by atoms with E-state index in [1.165, 1.54) is 0 Å². The number of hydrogen-bond donors (Lipinski definition) is 3. The molecule has 0 unspecified atom stereocenters. The number of thiophene rings is 1. The number of fused-ring (bicyclic) bond motifs is 1. The molecule has 2 saturated heterocycles. The summed E-state index contributed by atoms with van der Waals surface area (Å²) in [5.74, 6) is 0.514. The standard InChI is InChI=1S/C22H20N6O3S/c23-10-13-3-1-4-14(9-13)25-22(29)28-17-12-31-19-16(11-30-20(17)19)27-21-24-7-6-15(26-21)18-5-2-8-32-18/h1-9,16-17,19-20H,11-12H2,(H,24,26,27)(H2,25,28,29)/t16-,17-,19+,20+/m0/s1. The molecule has 3 aromatic rings. The molecule has 0 bridgehead atoms. The van der Waals surface area contributed by atoms with Crippen LogP contribution in [0, 0.1) is 11.3 Å². The molecule has 1 aromatic carbocycles. The Labute approximate surface area is 188 Å². The molecule has 2 aliphatic heterocycles. The highest BCUT2D eigenvalue weighted by atomic mass is 32.1. The van der Waals surface area contributed by atoms with Crippen LogP contribution in [0.2, 0.25) is 0 Å². The van der Waals surface area contributed by atoms with Crippen LogP contribution in [0.15, 0.2) is 54.0 Å². The number of rotatable bonds is 5. The van der Waals surface area contributed by atoms with Crippen LogP contribution < -0.4 is 16.0 Å². The molecule has 2 amide bonds. The van der Waals surface area contributed by atoms with Gasteiger partial charge in [-0.25, -0.2) is 14.8 Å². The van der Waals surface area contributed by atoms with Crippen LogP contribution in [-0.2, 0) is 9.47 Å². The number of carbonyl (C=O) groups excluding carboxylic acids is 1. The lowest BCUT2D eigenvalue weighted by Crippen LogP contribution is -2.46. The summed E-state index contributed by atoms with van der Waals surface area (Å²) in [4.78, 5) is 22.4. The van der Waals surface area contributed by atoms with Crippen molar-refractivity contribution in [2.24, 2.45) is 0 Å². The Balaban J connectivity index is 1.19. The van der Waals surface area contributed by atoms with E-state index in [-0.39, 0.29) is 30.3 Å². The molecule has 2 fully saturated rings. The first-order valence-electron chi connectivity index (χ1n) is 10.1. The lowest BCUT2D eigenvalue weighted by molar-refractivity contribution is 0.0683. The molecule has 0 aliphatic carbocycles. The molecule has 162 valence electrons. The number of benzene rings is 1. The van der Waals surface area contributed by atoms with Gasteiger partial charge in [-0.2, -0.15) is 5.26 Å². The van der Waals surface area contributed by atoms with E-state index in [1.807, 2.05) is 23.6 Å². The van der Waals surface area contributed by atoms with E-state index in [0.717, 1.165) is 10.6 Å². The van der Waals surface area contributed by atoms with Crippen molar-refractivity contribution in [2.45, 2.75) is 24.3 Å². The van der Waals surface area contributed by atoms with E-state index < -0.39 is 0 Å². The molecular formula is C22H20N6O3S. The van der Waals surface area contributed by atoms with Gasteiger partial charge in [-0.1, -0.05) is 12.1 Å². The summed E-state index contributed by atoms with van der Waals surface area (Å²) in [5, 5.41) is 20.0. The summed E-state index contributed by atoms with van der Waals surface area (Å²) in [6, 6.07) is 13.9. The van der Waals surface area contributed by atoms with Gasteiger partial charge in [0.15, 0.2) is 0 Å². The maximum Gasteiger partial charge on any atom is 0.319 e. The van der Waals surface area contributed by atoms with Crippen molar-refractivity contribution >= 4 is 29.0 Å². The molecule has 4 atom stereocenters. The van der Waals surface area contributed by atoms with Crippen molar-refractivity contribution < 1.29 is 14.3 Å². The number of nitrogens with zero attached hydrogens (tertiary/aromatic N) is 3. The number of aromatic nitrogens is 2. The number of amides is 2. The maximum atomic E-state index is 12.4. The smallest absolute Gasteiger partial charge is 0.319 e. The van der Waals surface area contributed by atoms with Crippen molar-refractivity contribution in [3.8, 4) is 16.6 Å². The minimum atomic E-state index is -0.374. The summed E-state index contributed by atoms with van der Waals surface area (Å²) in [5.41, 5.74) is 1.88. The SMILES string of the molecule is N#Cc1cccc(NC(=O)N[C@H]2CO[C@H]3[C@@H]2OC[C@@H]3Nc2nccc(-c3cccs3)n2)c1. The number of urea groups is 1. The van der Waals surface area contributed by atoms with Crippen LogP contribution in [0.1, 0.15) is 5.56 Å².